The highest BCUT2D eigenvalue weighted by Crippen LogP contribution is 2.25. The first-order valence-corrected chi connectivity index (χ1v) is 9.13. The molecule has 1 heterocycles. The largest absolute Gasteiger partial charge is 0.476 e. The fourth-order valence-electron chi connectivity index (χ4n) is 3.63. The van der Waals surface area contributed by atoms with Gasteiger partial charge in [0.2, 0.25) is 5.91 Å². The van der Waals surface area contributed by atoms with E-state index in [1.54, 1.807) is 12.1 Å². The molecule has 142 valence electrons. The Hall–Kier alpha value is -3.48. The molecule has 1 aliphatic rings. The van der Waals surface area contributed by atoms with Gasteiger partial charge in [-0.2, -0.15) is 5.10 Å². The smallest absolute Gasteiger partial charge is 0.357 e. The summed E-state index contributed by atoms with van der Waals surface area (Å²) in [5.74, 6) is -1.68. The van der Waals surface area contributed by atoms with Crippen LogP contribution in [0.1, 0.15) is 41.0 Å². The number of nitrogens with zero attached hydrogens (tertiary/aromatic N) is 2. The molecule has 0 fully saturated rings. The Morgan fingerprint density at radius 2 is 1.82 bits per heavy atom. The third-order valence-electron chi connectivity index (χ3n) is 5.14. The van der Waals surface area contributed by atoms with Gasteiger partial charge >= 0.3 is 5.97 Å². The van der Waals surface area contributed by atoms with Gasteiger partial charge < -0.3 is 10.4 Å². The normalized spacial score (nSPS) is 13.9. The maximum Gasteiger partial charge on any atom is 0.357 e. The van der Waals surface area contributed by atoms with E-state index >= 15 is 0 Å². The van der Waals surface area contributed by atoms with Gasteiger partial charge in [-0.15, -0.1) is 0 Å². The number of aromatic carboxylic acids is 1. The Bertz CT molecular complexity index is 1170. The van der Waals surface area contributed by atoms with Gasteiger partial charge in [-0.25, -0.2) is 9.48 Å². The number of aromatic nitrogens is 2. The summed E-state index contributed by atoms with van der Waals surface area (Å²) in [7, 11) is 0. The van der Waals surface area contributed by atoms with Crippen LogP contribution in [0.4, 0.5) is 5.69 Å². The predicted molar refractivity (Wildman–Crippen MR) is 105 cm³/mol. The zero-order valence-electron chi connectivity index (χ0n) is 15.3. The molecule has 0 spiro atoms. The highest BCUT2D eigenvalue weighted by Gasteiger charge is 2.23. The van der Waals surface area contributed by atoms with Crippen LogP contribution in [-0.4, -0.2) is 26.8 Å². The minimum Gasteiger partial charge on any atom is -0.476 e. The number of carboxylic acids is 1. The van der Waals surface area contributed by atoms with Crippen LogP contribution in [-0.2, 0) is 17.6 Å². The van der Waals surface area contributed by atoms with Crippen LogP contribution in [0.2, 0.25) is 0 Å². The van der Waals surface area contributed by atoms with Gasteiger partial charge in [0.05, 0.1) is 5.39 Å². The van der Waals surface area contributed by atoms with Crippen molar-refractivity contribution < 1.29 is 14.7 Å². The molecule has 2 N–H and O–H groups in total. The van der Waals surface area contributed by atoms with E-state index in [9.17, 15) is 19.5 Å². The molecule has 1 unspecified atom stereocenters. The summed E-state index contributed by atoms with van der Waals surface area (Å²) in [6.45, 7) is 1.53. The van der Waals surface area contributed by atoms with Gasteiger partial charge in [-0.3, -0.25) is 9.59 Å². The van der Waals surface area contributed by atoms with Crippen molar-refractivity contribution in [3.05, 3.63) is 69.6 Å². The number of fused-ring (bicyclic) bond motifs is 2. The molecule has 7 heteroatoms. The van der Waals surface area contributed by atoms with Gasteiger partial charge in [-0.05, 0) is 55.5 Å². The molecule has 0 bridgehead atoms. The molecule has 1 atom stereocenters. The van der Waals surface area contributed by atoms with Crippen LogP contribution < -0.4 is 10.9 Å². The summed E-state index contributed by atoms with van der Waals surface area (Å²) >= 11 is 0. The summed E-state index contributed by atoms with van der Waals surface area (Å²) in [5.41, 5.74) is 2.42. The molecule has 0 radical (unpaired) electrons. The molecular weight excluding hydrogens is 358 g/mol. The Morgan fingerprint density at radius 1 is 1.11 bits per heavy atom. The summed E-state index contributed by atoms with van der Waals surface area (Å²) in [4.78, 5) is 37.1. The molecule has 7 nitrogen and oxygen atoms in total. The third-order valence-corrected chi connectivity index (χ3v) is 5.14. The monoisotopic (exact) mass is 377 g/mol. The minimum atomic E-state index is -1.25. The number of nitrogens with one attached hydrogen (secondary N) is 1. The standard InChI is InChI=1S/C21H19N3O4/c1-12(19(25)22-15-10-9-13-5-4-6-14(13)11-15)24-20(26)17-8-3-2-7-16(17)18(23-24)21(27)28/h2-3,7-12H,4-6H2,1H3,(H,22,25)(H,27,28). The van der Waals surface area contributed by atoms with Crippen LogP contribution >= 0.6 is 0 Å². The van der Waals surface area contributed by atoms with Crippen LogP contribution in [0.3, 0.4) is 0 Å². The Kier molecular flexibility index (Phi) is 4.43. The second-order valence-corrected chi connectivity index (χ2v) is 6.95. The number of carbonyl (C=O) groups is 2. The summed E-state index contributed by atoms with van der Waals surface area (Å²) in [6, 6.07) is 11.2. The molecule has 3 aromatic rings. The molecule has 1 amide bonds. The third kappa shape index (κ3) is 3.05. The lowest BCUT2D eigenvalue weighted by Gasteiger charge is -2.16. The molecule has 1 aromatic heterocycles. The van der Waals surface area contributed by atoms with Gasteiger partial charge in [0.1, 0.15) is 6.04 Å². The van der Waals surface area contributed by atoms with Crippen molar-refractivity contribution in [3.8, 4) is 0 Å². The van der Waals surface area contributed by atoms with Gasteiger partial charge in [0.25, 0.3) is 5.56 Å². The van der Waals surface area contributed by atoms with E-state index in [1.165, 1.54) is 30.2 Å². The van der Waals surface area contributed by atoms with Crippen molar-refractivity contribution in [2.24, 2.45) is 0 Å². The fourth-order valence-corrected chi connectivity index (χ4v) is 3.63. The van der Waals surface area contributed by atoms with E-state index in [0.717, 1.165) is 23.9 Å². The highest BCUT2D eigenvalue weighted by molar-refractivity contribution is 6.01. The predicted octanol–water partition coefficient (Wildman–Crippen LogP) is 2.78. The highest BCUT2D eigenvalue weighted by atomic mass is 16.4. The van der Waals surface area contributed by atoms with Crippen LogP contribution in [0.25, 0.3) is 10.8 Å². The molecule has 1 aliphatic carbocycles. The average Bonchev–Trinajstić information content (AvgIpc) is 3.15. The number of hydrogen-bond acceptors (Lipinski definition) is 4. The number of rotatable bonds is 4. The van der Waals surface area contributed by atoms with Crippen molar-refractivity contribution >= 4 is 28.3 Å². The number of amides is 1. The molecular formula is C21H19N3O4. The van der Waals surface area contributed by atoms with Crippen LogP contribution in [0.5, 0.6) is 0 Å². The Labute approximate surface area is 160 Å². The summed E-state index contributed by atoms with van der Waals surface area (Å²) in [6.07, 6.45) is 3.15. The van der Waals surface area contributed by atoms with E-state index in [1.807, 2.05) is 18.2 Å². The lowest BCUT2D eigenvalue weighted by Crippen LogP contribution is -2.34. The zero-order chi connectivity index (χ0) is 19.8. The number of aryl methyl sites for hydroxylation is 2. The minimum absolute atomic E-state index is 0.215. The average molecular weight is 377 g/mol. The molecule has 0 saturated carbocycles. The molecule has 28 heavy (non-hydrogen) atoms. The van der Waals surface area contributed by atoms with Crippen LogP contribution in [0.15, 0.2) is 47.3 Å². The Balaban J connectivity index is 1.69. The van der Waals surface area contributed by atoms with Gasteiger partial charge in [0, 0.05) is 11.1 Å². The van der Waals surface area contributed by atoms with Crippen molar-refractivity contribution in [3.63, 3.8) is 0 Å². The zero-order valence-corrected chi connectivity index (χ0v) is 15.3. The second-order valence-electron chi connectivity index (χ2n) is 6.95. The fraction of sp³-hybridized carbons (Fsp3) is 0.238. The molecule has 4 rings (SSSR count). The quantitative estimate of drug-likeness (QED) is 0.728. The first kappa shape index (κ1) is 17.9. The number of benzene rings is 2. The molecule has 0 saturated heterocycles. The number of carbonyl (C=O) groups excluding carboxylic acids is 1. The topological polar surface area (TPSA) is 101 Å². The number of carboxylic acid groups (broad SMARTS) is 1. The lowest BCUT2D eigenvalue weighted by atomic mass is 10.1. The molecule has 2 aromatic carbocycles. The van der Waals surface area contributed by atoms with Crippen molar-refractivity contribution in [2.45, 2.75) is 32.2 Å². The lowest BCUT2D eigenvalue weighted by molar-refractivity contribution is -0.119. The second kappa shape index (κ2) is 6.92. The number of hydrogen-bond donors (Lipinski definition) is 2. The summed E-state index contributed by atoms with van der Waals surface area (Å²) in [5, 5.41) is 16.7. The Morgan fingerprint density at radius 3 is 2.57 bits per heavy atom. The van der Waals surface area contributed by atoms with Crippen molar-refractivity contribution in [1.82, 2.24) is 9.78 Å². The van der Waals surface area contributed by atoms with E-state index in [0.29, 0.717) is 5.69 Å². The first-order valence-electron chi connectivity index (χ1n) is 9.13. The molecule has 0 aliphatic heterocycles. The maximum atomic E-state index is 12.8. The van der Waals surface area contributed by atoms with Crippen LogP contribution in [0, 0.1) is 0 Å². The van der Waals surface area contributed by atoms with Gasteiger partial charge in [0.15, 0.2) is 5.69 Å². The maximum absolute atomic E-state index is 12.8. The SMILES string of the molecule is CC(C(=O)Nc1ccc2c(c1)CCC2)n1nc(C(=O)O)c2ccccc2c1=O. The van der Waals surface area contributed by atoms with E-state index in [2.05, 4.69) is 10.4 Å². The van der Waals surface area contributed by atoms with E-state index < -0.39 is 23.5 Å². The summed E-state index contributed by atoms with van der Waals surface area (Å²) < 4.78 is 0.939. The van der Waals surface area contributed by atoms with Crippen molar-refractivity contribution in [2.75, 3.05) is 5.32 Å². The van der Waals surface area contributed by atoms with E-state index in [4.69, 9.17) is 0 Å². The van der Waals surface area contributed by atoms with E-state index in [-0.39, 0.29) is 16.5 Å². The first-order chi connectivity index (χ1) is 13.5. The number of anilines is 1. The van der Waals surface area contributed by atoms with Crippen molar-refractivity contribution in [1.29, 1.82) is 0 Å². The van der Waals surface area contributed by atoms with Gasteiger partial charge in [-0.1, -0.05) is 24.3 Å².